The lowest BCUT2D eigenvalue weighted by Gasteiger charge is -2.34. The summed E-state index contributed by atoms with van der Waals surface area (Å²) in [5.41, 5.74) is 1.61. The summed E-state index contributed by atoms with van der Waals surface area (Å²) in [5.74, 6) is 0. The number of hydrogen-bond donors (Lipinski definition) is 0. The van der Waals surface area contributed by atoms with Crippen LogP contribution in [0.3, 0.4) is 0 Å². The van der Waals surface area contributed by atoms with Crippen molar-refractivity contribution in [2.75, 3.05) is 0 Å². The van der Waals surface area contributed by atoms with E-state index in [-0.39, 0.29) is 0 Å². The number of rotatable bonds is 4. The minimum atomic E-state index is -0.675. The van der Waals surface area contributed by atoms with Crippen LogP contribution in [0.15, 0.2) is 54.6 Å². The number of benzene rings is 2. The molecule has 6 heteroatoms. The van der Waals surface area contributed by atoms with Gasteiger partial charge >= 0.3 is 14.2 Å². The first-order valence-electron chi connectivity index (χ1n) is 11.6. The molecule has 0 unspecified atom stereocenters. The summed E-state index contributed by atoms with van der Waals surface area (Å²) in [4.78, 5) is 0. The molecular formula is C26H36B2O4. The lowest BCUT2D eigenvalue weighted by atomic mass is 9.37. The zero-order chi connectivity index (χ0) is 23.6. The van der Waals surface area contributed by atoms with Gasteiger partial charge in [0, 0.05) is 0 Å². The lowest BCUT2D eigenvalue weighted by Crippen LogP contribution is -2.56. The molecule has 0 bridgehead atoms. The van der Waals surface area contributed by atoms with Crippen molar-refractivity contribution in [2.24, 2.45) is 0 Å². The molecule has 2 aromatic carbocycles. The Kier molecular flexibility index (Phi) is 5.49. The molecule has 4 rings (SSSR count). The van der Waals surface area contributed by atoms with Gasteiger partial charge in [-0.05, 0) is 72.1 Å². The van der Waals surface area contributed by atoms with Crippen LogP contribution in [-0.4, -0.2) is 36.6 Å². The van der Waals surface area contributed by atoms with E-state index in [0.29, 0.717) is 0 Å². The Morgan fingerprint density at radius 2 is 0.875 bits per heavy atom. The van der Waals surface area contributed by atoms with Crippen molar-refractivity contribution in [2.45, 2.75) is 89.9 Å². The first-order valence-corrected chi connectivity index (χ1v) is 11.6. The van der Waals surface area contributed by atoms with Gasteiger partial charge in [0.05, 0.1) is 27.6 Å². The van der Waals surface area contributed by atoms with Crippen molar-refractivity contribution in [3.63, 3.8) is 0 Å². The quantitative estimate of drug-likeness (QED) is 0.564. The van der Waals surface area contributed by atoms with E-state index in [1.165, 1.54) is 11.1 Å². The van der Waals surface area contributed by atoms with Gasteiger partial charge in [-0.15, -0.1) is 0 Å². The summed E-state index contributed by atoms with van der Waals surface area (Å²) < 4.78 is 26.3. The van der Waals surface area contributed by atoms with Crippen molar-refractivity contribution < 1.29 is 18.6 Å². The van der Waals surface area contributed by atoms with Gasteiger partial charge in [0.15, 0.2) is 0 Å². The summed E-state index contributed by atoms with van der Waals surface area (Å²) in [6.45, 7) is 18.8. The zero-order valence-corrected chi connectivity index (χ0v) is 21.0. The van der Waals surface area contributed by atoms with Crippen molar-refractivity contribution in [3.8, 4) is 11.1 Å². The van der Waals surface area contributed by atoms with E-state index in [9.17, 15) is 0 Å². The lowest BCUT2D eigenvalue weighted by molar-refractivity contribution is 0.00578. The van der Waals surface area contributed by atoms with E-state index in [0.717, 1.165) is 5.56 Å². The zero-order valence-electron chi connectivity index (χ0n) is 21.0. The highest BCUT2D eigenvalue weighted by atomic mass is 16.7. The molecule has 0 atom stereocenters. The Morgan fingerprint density at radius 3 is 1.25 bits per heavy atom. The second kappa shape index (κ2) is 7.46. The molecule has 2 aliphatic rings. The van der Waals surface area contributed by atoms with E-state index in [4.69, 9.17) is 18.6 Å². The van der Waals surface area contributed by atoms with Crippen molar-refractivity contribution >= 4 is 14.2 Å². The smallest absolute Gasteiger partial charge is 0.403 e. The van der Waals surface area contributed by atoms with Gasteiger partial charge in [0.2, 0.25) is 0 Å². The monoisotopic (exact) mass is 434 g/mol. The Balaban J connectivity index is 1.77. The normalized spacial score (nSPS) is 23.5. The standard InChI is InChI=1S/C26H36B2O4/c1-22(2)23(3,4)30-27(29-22)26(9,28-31-24(5,6)25(7,8)32-28)21-17-15-20(16-18-21)19-13-11-10-12-14-19/h10-18H,1-9H3. The fourth-order valence-corrected chi connectivity index (χ4v) is 4.21. The summed E-state index contributed by atoms with van der Waals surface area (Å²) >= 11 is 0. The van der Waals surface area contributed by atoms with Crippen molar-refractivity contribution in [1.29, 1.82) is 0 Å². The van der Waals surface area contributed by atoms with Gasteiger partial charge in [-0.2, -0.15) is 0 Å². The molecule has 170 valence electrons. The van der Waals surface area contributed by atoms with Crippen LogP contribution >= 0.6 is 0 Å². The van der Waals surface area contributed by atoms with Crippen LogP contribution < -0.4 is 0 Å². The molecular weight excluding hydrogens is 398 g/mol. The molecule has 2 aliphatic heterocycles. The predicted molar refractivity (Wildman–Crippen MR) is 131 cm³/mol. The Labute approximate surface area is 194 Å². The first kappa shape index (κ1) is 23.6. The van der Waals surface area contributed by atoms with Crippen LogP contribution in [0.25, 0.3) is 11.1 Å². The fourth-order valence-electron chi connectivity index (χ4n) is 4.21. The van der Waals surface area contributed by atoms with Gasteiger partial charge < -0.3 is 18.6 Å². The van der Waals surface area contributed by atoms with Gasteiger partial charge in [-0.1, -0.05) is 61.5 Å². The summed E-state index contributed by atoms with van der Waals surface area (Å²) in [7, 11) is -1.05. The van der Waals surface area contributed by atoms with E-state index >= 15 is 0 Å². The van der Waals surface area contributed by atoms with Crippen LogP contribution in [0, 0.1) is 0 Å². The first-order chi connectivity index (χ1) is 14.7. The van der Waals surface area contributed by atoms with E-state index in [2.05, 4.69) is 111 Å². The summed E-state index contributed by atoms with van der Waals surface area (Å²) in [5, 5.41) is -0.675. The second-order valence-electron chi connectivity index (χ2n) is 11.4. The third-order valence-electron chi connectivity index (χ3n) is 8.10. The molecule has 0 N–H and O–H groups in total. The Bertz CT molecular complexity index is 899. The van der Waals surface area contributed by atoms with E-state index in [1.807, 2.05) is 6.07 Å². The molecule has 32 heavy (non-hydrogen) atoms. The molecule has 0 saturated carbocycles. The van der Waals surface area contributed by atoms with Gasteiger partial charge in [0.1, 0.15) is 0 Å². The average molecular weight is 434 g/mol. The topological polar surface area (TPSA) is 36.9 Å². The molecule has 4 nitrogen and oxygen atoms in total. The molecule has 2 heterocycles. The molecule has 0 amide bonds. The highest BCUT2D eigenvalue weighted by Crippen LogP contribution is 2.49. The maximum absolute atomic E-state index is 6.57. The molecule has 0 radical (unpaired) electrons. The van der Waals surface area contributed by atoms with Crippen LogP contribution in [0.4, 0.5) is 0 Å². The van der Waals surface area contributed by atoms with Crippen LogP contribution in [0.2, 0.25) is 0 Å². The van der Waals surface area contributed by atoms with E-state index in [1.54, 1.807) is 0 Å². The third-order valence-corrected chi connectivity index (χ3v) is 8.10. The van der Waals surface area contributed by atoms with Gasteiger partial charge in [0.25, 0.3) is 0 Å². The molecule has 2 fully saturated rings. The molecule has 0 spiro atoms. The highest BCUT2D eigenvalue weighted by molar-refractivity contribution is 6.71. The van der Waals surface area contributed by atoms with Crippen LogP contribution in [-0.2, 0) is 23.8 Å². The van der Waals surface area contributed by atoms with Gasteiger partial charge in [-0.25, -0.2) is 0 Å². The largest absolute Gasteiger partial charge is 0.466 e. The van der Waals surface area contributed by atoms with E-state index < -0.39 is 41.9 Å². The SMILES string of the molecule is CC(B1OC(C)(C)C(C)(C)O1)(B1OC(C)(C)C(C)(C)O1)c1ccc(-c2ccccc2)cc1. The van der Waals surface area contributed by atoms with Crippen LogP contribution in [0.5, 0.6) is 0 Å². The minimum Gasteiger partial charge on any atom is -0.403 e. The molecule has 2 saturated heterocycles. The predicted octanol–water partition coefficient (Wildman–Crippen LogP) is 5.87. The van der Waals surface area contributed by atoms with Gasteiger partial charge in [-0.3, -0.25) is 0 Å². The third kappa shape index (κ3) is 3.66. The Hall–Kier alpha value is -1.59. The summed E-state index contributed by atoms with van der Waals surface area (Å²) in [6, 6.07) is 19.0. The number of hydrogen-bond acceptors (Lipinski definition) is 4. The average Bonchev–Trinajstić information content (AvgIpc) is 3.08. The van der Waals surface area contributed by atoms with Crippen molar-refractivity contribution in [3.05, 3.63) is 60.2 Å². The maximum Gasteiger partial charge on any atom is 0.466 e. The molecule has 2 aromatic rings. The second-order valence-corrected chi connectivity index (χ2v) is 11.4. The maximum atomic E-state index is 6.57. The summed E-state index contributed by atoms with van der Waals surface area (Å²) in [6.07, 6.45) is 0. The Morgan fingerprint density at radius 1 is 0.531 bits per heavy atom. The molecule has 0 aromatic heterocycles. The molecule has 0 aliphatic carbocycles. The van der Waals surface area contributed by atoms with Crippen molar-refractivity contribution in [1.82, 2.24) is 0 Å². The minimum absolute atomic E-state index is 0.452. The van der Waals surface area contributed by atoms with Crippen LogP contribution in [0.1, 0.15) is 67.9 Å². The fraction of sp³-hybridized carbons (Fsp3) is 0.538. The highest BCUT2D eigenvalue weighted by Gasteiger charge is 2.68.